The molecule has 0 aliphatic carbocycles. The second kappa shape index (κ2) is 4.25. The summed E-state index contributed by atoms with van der Waals surface area (Å²) in [5, 5.41) is 12.0. The lowest BCUT2D eigenvalue weighted by Crippen LogP contribution is -2.42. The number of hydrogen-bond acceptors (Lipinski definition) is 4. The van der Waals surface area contributed by atoms with Gasteiger partial charge in [0.2, 0.25) is 0 Å². The van der Waals surface area contributed by atoms with Crippen LogP contribution in [0.5, 0.6) is 0 Å². The van der Waals surface area contributed by atoms with E-state index in [1.54, 1.807) is 13.0 Å². The molecule has 1 aromatic rings. The van der Waals surface area contributed by atoms with Crippen LogP contribution in [0.15, 0.2) is 12.4 Å². The lowest BCUT2D eigenvalue weighted by Gasteiger charge is -2.25. The van der Waals surface area contributed by atoms with Crippen molar-refractivity contribution in [3.63, 3.8) is 0 Å². The molecule has 0 radical (unpaired) electrons. The molecule has 1 aromatic heterocycles. The van der Waals surface area contributed by atoms with Crippen molar-refractivity contribution in [3.05, 3.63) is 18.1 Å². The van der Waals surface area contributed by atoms with Gasteiger partial charge in [0, 0.05) is 11.8 Å². The van der Waals surface area contributed by atoms with E-state index < -0.39 is 11.5 Å². The lowest BCUT2D eigenvalue weighted by atomic mass is 9.99. The van der Waals surface area contributed by atoms with E-state index in [1.165, 1.54) is 6.33 Å². The summed E-state index contributed by atoms with van der Waals surface area (Å²) in [7, 11) is 0. The van der Waals surface area contributed by atoms with Crippen molar-refractivity contribution in [1.82, 2.24) is 9.97 Å². The van der Waals surface area contributed by atoms with Gasteiger partial charge in [-0.1, -0.05) is 6.92 Å². The minimum atomic E-state index is -0.985. The number of anilines is 1. The van der Waals surface area contributed by atoms with E-state index in [9.17, 15) is 4.79 Å². The van der Waals surface area contributed by atoms with Gasteiger partial charge in [0.15, 0.2) is 0 Å². The highest BCUT2D eigenvalue weighted by Crippen LogP contribution is 2.16. The number of nitrogens with one attached hydrogen (secondary N) is 1. The molecule has 0 saturated carbocycles. The zero-order chi connectivity index (χ0) is 11.5. The normalized spacial score (nSPS) is 14.3. The van der Waals surface area contributed by atoms with Gasteiger partial charge in [0.05, 0.1) is 0 Å². The van der Waals surface area contributed by atoms with E-state index in [2.05, 4.69) is 15.3 Å². The summed E-state index contributed by atoms with van der Waals surface area (Å²) < 4.78 is 0. The molecule has 1 heterocycles. The third-order valence-corrected chi connectivity index (χ3v) is 2.39. The van der Waals surface area contributed by atoms with Crippen LogP contribution in [0.4, 0.5) is 5.82 Å². The van der Waals surface area contributed by atoms with Gasteiger partial charge in [-0.3, -0.25) is 0 Å². The van der Waals surface area contributed by atoms with Crippen LogP contribution in [0.25, 0.3) is 0 Å². The summed E-state index contributed by atoms with van der Waals surface area (Å²) >= 11 is 0. The zero-order valence-corrected chi connectivity index (χ0v) is 9.11. The van der Waals surface area contributed by atoms with E-state index in [4.69, 9.17) is 5.11 Å². The smallest absolute Gasteiger partial charge is 0.329 e. The SMILES string of the molecule is CCC(C)(Nc1cc(C)ncn1)C(=O)O. The van der Waals surface area contributed by atoms with Crippen LogP contribution in [0.1, 0.15) is 26.0 Å². The predicted molar refractivity (Wildman–Crippen MR) is 56.7 cm³/mol. The van der Waals surface area contributed by atoms with E-state index >= 15 is 0 Å². The van der Waals surface area contributed by atoms with Crippen molar-refractivity contribution in [1.29, 1.82) is 0 Å². The first-order chi connectivity index (χ1) is 6.98. The fourth-order valence-electron chi connectivity index (χ4n) is 1.10. The van der Waals surface area contributed by atoms with Crippen LogP contribution in [0.3, 0.4) is 0 Å². The van der Waals surface area contributed by atoms with E-state index in [-0.39, 0.29) is 0 Å². The molecule has 0 fully saturated rings. The fourth-order valence-corrected chi connectivity index (χ4v) is 1.10. The Morgan fingerprint density at radius 3 is 2.73 bits per heavy atom. The number of hydrogen-bond donors (Lipinski definition) is 2. The first-order valence-corrected chi connectivity index (χ1v) is 4.78. The third-order valence-electron chi connectivity index (χ3n) is 2.39. The molecule has 2 N–H and O–H groups in total. The number of aromatic nitrogens is 2. The molecule has 0 saturated heterocycles. The first-order valence-electron chi connectivity index (χ1n) is 4.78. The van der Waals surface area contributed by atoms with Crippen LogP contribution < -0.4 is 5.32 Å². The van der Waals surface area contributed by atoms with Gasteiger partial charge in [-0.05, 0) is 20.3 Å². The Morgan fingerprint density at radius 2 is 2.27 bits per heavy atom. The molecule has 1 atom stereocenters. The second-order valence-electron chi connectivity index (χ2n) is 3.66. The Bertz CT molecular complexity index is 367. The van der Waals surface area contributed by atoms with Crippen molar-refractivity contribution >= 4 is 11.8 Å². The zero-order valence-electron chi connectivity index (χ0n) is 9.11. The van der Waals surface area contributed by atoms with Gasteiger partial charge in [-0.2, -0.15) is 0 Å². The number of nitrogens with zero attached hydrogens (tertiary/aromatic N) is 2. The van der Waals surface area contributed by atoms with Crippen molar-refractivity contribution in [2.45, 2.75) is 32.7 Å². The topological polar surface area (TPSA) is 75.1 Å². The Kier molecular flexibility index (Phi) is 3.24. The summed E-state index contributed by atoms with van der Waals surface area (Å²) in [5.74, 6) is -0.351. The molecule has 5 heteroatoms. The average Bonchev–Trinajstić information content (AvgIpc) is 2.17. The number of carboxylic acid groups (broad SMARTS) is 1. The maximum Gasteiger partial charge on any atom is 0.329 e. The Labute approximate surface area is 88.6 Å². The molecular formula is C10H15N3O2. The number of aryl methyl sites for hydroxylation is 1. The summed E-state index contributed by atoms with van der Waals surface area (Å²) in [6, 6.07) is 1.72. The van der Waals surface area contributed by atoms with E-state index in [0.29, 0.717) is 12.2 Å². The van der Waals surface area contributed by atoms with E-state index in [1.807, 2.05) is 13.8 Å². The number of carboxylic acids is 1. The molecule has 15 heavy (non-hydrogen) atoms. The second-order valence-corrected chi connectivity index (χ2v) is 3.66. The Morgan fingerprint density at radius 1 is 1.60 bits per heavy atom. The molecule has 0 aromatic carbocycles. The summed E-state index contributed by atoms with van der Waals surface area (Å²) in [4.78, 5) is 18.9. The van der Waals surface area contributed by atoms with Crippen LogP contribution >= 0.6 is 0 Å². The molecule has 0 aliphatic heterocycles. The van der Waals surface area contributed by atoms with Crippen LogP contribution in [-0.2, 0) is 4.79 Å². The quantitative estimate of drug-likeness (QED) is 0.785. The third kappa shape index (κ3) is 2.65. The molecule has 0 amide bonds. The van der Waals surface area contributed by atoms with Crippen LogP contribution in [-0.4, -0.2) is 26.6 Å². The minimum Gasteiger partial charge on any atom is -0.480 e. The van der Waals surface area contributed by atoms with Crippen molar-refractivity contribution in [2.75, 3.05) is 5.32 Å². The maximum absolute atomic E-state index is 11.0. The average molecular weight is 209 g/mol. The van der Waals surface area contributed by atoms with Crippen molar-refractivity contribution in [2.24, 2.45) is 0 Å². The van der Waals surface area contributed by atoms with Crippen molar-refractivity contribution in [3.8, 4) is 0 Å². The minimum absolute atomic E-state index is 0.478. The standard InChI is InChI=1S/C10H15N3O2/c1-4-10(3,9(14)15)13-8-5-7(2)11-6-12-8/h5-6H,4H2,1-3H3,(H,14,15)(H,11,12,13). The van der Waals surface area contributed by atoms with Crippen molar-refractivity contribution < 1.29 is 9.90 Å². The number of carbonyl (C=O) groups is 1. The molecule has 0 bridgehead atoms. The van der Waals surface area contributed by atoms with Gasteiger partial charge in [0.1, 0.15) is 17.7 Å². The first kappa shape index (κ1) is 11.4. The monoisotopic (exact) mass is 209 g/mol. The highest BCUT2D eigenvalue weighted by molar-refractivity contribution is 5.81. The van der Waals surface area contributed by atoms with E-state index in [0.717, 1.165) is 5.69 Å². The Hall–Kier alpha value is -1.65. The molecular weight excluding hydrogens is 194 g/mol. The lowest BCUT2D eigenvalue weighted by molar-refractivity contribution is -0.141. The predicted octanol–water partition coefficient (Wildman–Crippen LogP) is 1.45. The van der Waals surface area contributed by atoms with Crippen LogP contribution in [0, 0.1) is 6.92 Å². The molecule has 0 spiro atoms. The highest BCUT2D eigenvalue weighted by Gasteiger charge is 2.31. The van der Waals surface area contributed by atoms with Gasteiger partial charge in [-0.15, -0.1) is 0 Å². The van der Waals surface area contributed by atoms with Crippen LogP contribution in [0.2, 0.25) is 0 Å². The van der Waals surface area contributed by atoms with Gasteiger partial charge < -0.3 is 10.4 Å². The molecule has 1 unspecified atom stereocenters. The molecule has 1 rings (SSSR count). The van der Waals surface area contributed by atoms with Gasteiger partial charge in [0.25, 0.3) is 0 Å². The Balaban J connectivity index is 2.89. The summed E-state index contributed by atoms with van der Waals surface area (Å²) in [6.07, 6.45) is 1.89. The molecule has 0 aliphatic rings. The maximum atomic E-state index is 11.0. The summed E-state index contributed by atoms with van der Waals surface area (Å²) in [6.45, 7) is 5.28. The number of rotatable bonds is 4. The highest BCUT2D eigenvalue weighted by atomic mass is 16.4. The largest absolute Gasteiger partial charge is 0.480 e. The van der Waals surface area contributed by atoms with Gasteiger partial charge in [-0.25, -0.2) is 14.8 Å². The fraction of sp³-hybridized carbons (Fsp3) is 0.500. The summed E-state index contributed by atoms with van der Waals surface area (Å²) in [5.41, 5.74) is -0.183. The van der Waals surface area contributed by atoms with Gasteiger partial charge >= 0.3 is 5.97 Å². The number of aliphatic carboxylic acids is 1. The molecule has 5 nitrogen and oxygen atoms in total. The molecule has 82 valence electrons.